The van der Waals surface area contributed by atoms with Crippen molar-refractivity contribution in [3.8, 4) is 0 Å². The van der Waals surface area contributed by atoms with Crippen LogP contribution in [0.2, 0.25) is 0 Å². The first kappa shape index (κ1) is 10.5. The zero-order valence-corrected chi connectivity index (χ0v) is 8.34. The van der Waals surface area contributed by atoms with Crippen LogP contribution in [-0.2, 0) is 15.1 Å². The summed E-state index contributed by atoms with van der Waals surface area (Å²) in [7, 11) is 1.21. The van der Waals surface area contributed by atoms with Crippen LogP contribution in [0, 0.1) is 16.1 Å². The molecule has 7 nitrogen and oxygen atoms in total. The van der Waals surface area contributed by atoms with Gasteiger partial charge in [0, 0.05) is 0 Å². The molecular weight excluding hydrogens is 221 g/mol. The molecular formula is C8H8FN3O4. The van der Waals surface area contributed by atoms with Crippen LogP contribution in [0.25, 0.3) is 0 Å². The number of aromatic nitrogens is 2. The number of nitrogens with zero attached hydrogens (tertiary/aromatic N) is 3. The number of methoxy groups -OCH3 is 1. The number of halogens is 1. The molecule has 0 N–H and O–H groups in total. The molecule has 1 aliphatic rings. The second-order valence-corrected chi connectivity index (χ2v) is 3.53. The largest absolute Gasteiger partial charge is 0.467 e. The number of carbonyl (C=O) groups is 1. The Morgan fingerprint density at radius 1 is 1.75 bits per heavy atom. The molecule has 16 heavy (non-hydrogen) atoms. The predicted octanol–water partition coefficient (Wildman–Crippen LogP) is 0.592. The van der Waals surface area contributed by atoms with E-state index in [1.807, 2.05) is 0 Å². The molecule has 0 unspecified atom stereocenters. The first-order valence-corrected chi connectivity index (χ1v) is 4.50. The third kappa shape index (κ3) is 1.34. The van der Waals surface area contributed by atoms with Crippen LogP contribution in [0.1, 0.15) is 12.8 Å². The van der Waals surface area contributed by atoms with E-state index in [9.17, 15) is 19.3 Å². The minimum absolute atomic E-state index is 0.442. The lowest BCUT2D eigenvalue weighted by Crippen LogP contribution is -2.29. The highest BCUT2D eigenvalue weighted by atomic mass is 19.1. The molecule has 1 heterocycles. The predicted molar refractivity (Wildman–Crippen MR) is 48.1 cm³/mol. The highest BCUT2D eigenvalue weighted by Crippen LogP contribution is 2.44. The van der Waals surface area contributed by atoms with Crippen molar-refractivity contribution in [3.05, 3.63) is 22.3 Å². The van der Waals surface area contributed by atoms with E-state index in [1.165, 1.54) is 7.11 Å². The van der Waals surface area contributed by atoms with Crippen LogP contribution in [0.5, 0.6) is 0 Å². The standard InChI is InChI=1S/C8H8FN3O4/c1-16-7(13)8(2-3-8)11-4-5(12(14)15)6(9)10-11/h4H,2-3H2,1H3. The van der Waals surface area contributed by atoms with Crippen molar-refractivity contribution < 1.29 is 18.8 Å². The van der Waals surface area contributed by atoms with Gasteiger partial charge in [-0.25, -0.2) is 9.48 Å². The fraction of sp³-hybridized carbons (Fsp3) is 0.500. The van der Waals surface area contributed by atoms with Crippen LogP contribution in [0.15, 0.2) is 6.20 Å². The quantitative estimate of drug-likeness (QED) is 0.430. The molecule has 1 aromatic rings. The molecule has 0 radical (unpaired) electrons. The van der Waals surface area contributed by atoms with E-state index in [4.69, 9.17) is 0 Å². The Hall–Kier alpha value is -1.99. The van der Waals surface area contributed by atoms with Crippen LogP contribution < -0.4 is 0 Å². The van der Waals surface area contributed by atoms with Gasteiger partial charge < -0.3 is 4.74 Å². The van der Waals surface area contributed by atoms with Crippen LogP contribution in [-0.4, -0.2) is 27.8 Å². The van der Waals surface area contributed by atoms with Gasteiger partial charge in [-0.2, -0.15) is 4.39 Å². The second kappa shape index (κ2) is 3.26. The molecule has 1 aromatic heterocycles. The minimum atomic E-state index is -1.19. The Morgan fingerprint density at radius 3 is 2.75 bits per heavy atom. The molecule has 1 aliphatic carbocycles. The Kier molecular flexibility index (Phi) is 2.14. The molecule has 0 saturated heterocycles. The molecule has 1 fully saturated rings. The van der Waals surface area contributed by atoms with Gasteiger partial charge in [0.25, 0.3) is 0 Å². The summed E-state index contributed by atoms with van der Waals surface area (Å²) in [4.78, 5) is 20.9. The summed E-state index contributed by atoms with van der Waals surface area (Å²) < 4.78 is 18.6. The molecule has 0 aromatic carbocycles. The van der Waals surface area contributed by atoms with E-state index >= 15 is 0 Å². The monoisotopic (exact) mass is 229 g/mol. The van der Waals surface area contributed by atoms with Gasteiger partial charge in [0.1, 0.15) is 6.20 Å². The normalized spacial score (nSPS) is 16.9. The molecule has 86 valence electrons. The van der Waals surface area contributed by atoms with Gasteiger partial charge in [0.05, 0.1) is 12.0 Å². The Labute approximate surface area is 89.0 Å². The van der Waals surface area contributed by atoms with Gasteiger partial charge in [-0.1, -0.05) is 0 Å². The average Bonchev–Trinajstić information content (AvgIpc) is 2.95. The summed E-state index contributed by atoms with van der Waals surface area (Å²) in [5.41, 5.74) is -1.79. The van der Waals surface area contributed by atoms with E-state index in [2.05, 4.69) is 9.84 Å². The minimum Gasteiger partial charge on any atom is -0.467 e. The number of rotatable bonds is 3. The molecule has 0 spiro atoms. The number of hydrogen-bond donors (Lipinski definition) is 0. The van der Waals surface area contributed by atoms with Crippen molar-refractivity contribution in [2.75, 3.05) is 7.11 Å². The van der Waals surface area contributed by atoms with Gasteiger partial charge >= 0.3 is 17.6 Å². The van der Waals surface area contributed by atoms with Crippen molar-refractivity contribution in [2.24, 2.45) is 0 Å². The lowest BCUT2D eigenvalue weighted by molar-refractivity contribution is -0.387. The van der Waals surface area contributed by atoms with Gasteiger partial charge in [0.15, 0.2) is 5.54 Å². The molecule has 2 rings (SSSR count). The average molecular weight is 229 g/mol. The van der Waals surface area contributed by atoms with E-state index in [1.54, 1.807) is 0 Å². The summed E-state index contributed by atoms with van der Waals surface area (Å²) in [5.74, 6) is -1.76. The summed E-state index contributed by atoms with van der Waals surface area (Å²) >= 11 is 0. The molecule has 8 heteroatoms. The lowest BCUT2D eigenvalue weighted by atomic mass is 10.3. The summed E-state index contributed by atoms with van der Waals surface area (Å²) in [6.07, 6.45) is 1.80. The Morgan fingerprint density at radius 2 is 2.38 bits per heavy atom. The maximum Gasteiger partial charge on any atom is 0.343 e. The maximum atomic E-state index is 13.1. The third-order valence-corrected chi connectivity index (χ3v) is 2.58. The molecule has 0 atom stereocenters. The van der Waals surface area contributed by atoms with Crippen molar-refractivity contribution in [2.45, 2.75) is 18.4 Å². The van der Waals surface area contributed by atoms with Crippen molar-refractivity contribution in [1.29, 1.82) is 0 Å². The van der Waals surface area contributed by atoms with Crippen LogP contribution in [0.4, 0.5) is 10.1 Å². The topological polar surface area (TPSA) is 87.3 Å². The van der Waals surface area contributed by atoms with Gasteiger partial charge in [-0.3, -0.25) is 10.1 Å². The van der Waals surface area contributed by atoms with E-state index in [0.717, 1.165) is 10.9 Å². The zero-order chi connectivity index (χ0) is 11.9. The highest BCUT2D eigenvalue weighted by Gasteiger charge is 2.55. The molecule has 1 saturated carbocycles. The zero-order valence-electron chi connectivity index (χ0n) is 8.34. The first-order valence-electron chi connectivity index (χ1n) is 4.50. The molecule has 0 bridgehead atoms. The van der Waals surface area contributed by atoms with E-state index in [0.29, 0.717) is 12.8 Å². The fourth-order valence-corrected chi connectivity index (χ4v) is 1.52. The summed E-state index contributed by atoms with van der Waals surface area (Å²) in [6.45, 7) is 0. The smallest absolute Gasteiger partial charge is 0.343 e. The first-order chi connectivity index (χ1) is 7.51. The van der Waals surface area contributed by atoms with Gasteiger partial charge in [-0.15, -0.1) is 5.10 Å². The fourth-order valence-electron chi connectivity index (χ4n) is 1.52. The number of ether oxygens (including phenoxy) is 1. The summed E-state index contributed by atoms with van der Waals surface area (Å²) in [5, 5.41) is 13.8. The van der Waals surface area contributed by atoms with Crippen LogP contribution in [0.3, 0.4) is 0 Å². The Bertz CT molecular complexity index is 466. The number of carbonyl (C=O) groups excluding carboxylic acids is 1. The van der Waals surface area contributed by atoms with E-state index in [-0.39, 0.29) is 0 Å². The molecule has 0 aliphatic heterocycles. The van der Waals surface area contributed by atoms with E-state index < -0.39 is 28.1 Å². The highest BCUT2D eigenvalue weighted by molar-refractivity contribution is 5.81. The van der Waals surface area contributed by atoms with Gasteiger partial charge in [-0.05, 0) is 12.8 Å². The molecule has 0 amide bonds. The van der Waals surface area contributed by atoms with Gasteiger partial charge in [0.2, 0.25) is 0 Å². The van der Waals surface area contributed by atoms with Crippen molar-refractivity contribution in [1.82, 2.24) is 9.78 Å². The number of hydrogen-bond acceptors (Lipinski definition) is 5. The van der Waals surface area contributed by atoms with Crippen LogP contribution >= 0.6 is 0 Å². The Balaban J connectivity index is 2.39. The van der Waals surface area contributed by atoms with Crippen molar-refractivity contribution in [3.63, 3.8) is 0 Å². The number of esters is 1. The number of nitro groups is 1. The van der Waals surface area contributed by atoms with Crippen molar-refractivity contribution >= 4 is 11.7 Å². The second-order valence-electron chi connectivity index (χ2n) is 3.53. The lowest BCUT2D eigenvalue weighted by Gasteiger charge is -2.11. The maximum absolute atomic E-state index is 13.1. The third-order valence-electron chi connectivity index (χ3n) is 2.58. The SMILES string of the molecule is COC(=O)C1(n2cc([N+](=O)[O-])c(F)n2)CC1. The summed E-state index contributed by atoms with van der Waals surface area (Å²) in [6, 6.07) is 0.